The summed E-state index contributed by atoms with van der Waals surface area (Å²) in [6.45, 7) is 4.93. The number of hydrogen-bond donors (Lipinski definition) is 0. The lowest BCUT2D eigenvalue weighted by Crippen LogP contribution is -1.99. The van der Waals surface area contributed by atoms with Gasteiger partial charge in [-0.2, -0.15) is 0 Å². The van der Waals surface area contributed by atoms with E-state index in [4.69, 9.17) is 0 Å². The first-order chi connectivity index (χ1) is 14.5. The molecule has 0 radical (unpaired) electrons. The lowest BCUT2D eigenvalue weighted by Gasteiger charge is -2.09. The van der Waals surface area contributed by atoms with Crippen molar-refractivity contribution in [2.45, 2.75) is 20.4 Å². The smallest absolute Gasteiger partial charge is 0.284 e. The molecule has 0 aliphatic heterocycles. The molecular weight excluding hydrogens is 374 g/mol. The monoisotopic (exact) mass is 397 g/mol. The number of allylic oxidation sites excluding steroid dienone is 5. The predicted octanol–water partition coefficient (Wildman–Crippen LogP) is 6.13. The average molecular weight is 397 g/mol. The van der Waals surface area contributed by atoms with Gasteiger partial charge in [-0.15, -0.1) is 0 Å². The number of nitro groups is 1. The maximum absolute atomic E-state index is 12.2. The van der Waals surface area contributed by atoms with E-state index in [0.717, 1.165) is 40.0 Å². The minimum atomic E-state index is -0.269. The highest BCUT2D eigenvalue weighted by Gasteiger charge is 2.24. The van der Waals surface area contributed by atoms with E-state index >= 15 is 0 Å². The van der Waals surface area contributed by atoms with Crippen LogP contribution >= 0.6 is 0 Å². The molecule has 0 unspecified atom stereocenters. The molecule has 150 valence electrons. The van der Waals surface area contributed by atoms with Gasteiger partial charge in [0.2, 0.25) is 0 Å². The van der Waals surface area contributed by atoms with Gasteiger partial charge < -0.3 is 4.57 Å². The van der Waals surface area contributed by atoms with E-state index in [9.17, 15) is 10.1 Å². The molecule has 1 aliphatic carbocycles. The average Bonchev–Trinajstić information content (AvgIpc) is 3.04. The van der Waals surface area contributed by atoms with Gasteiger partial charge in [-0.1, -0.05) is 36.4 Å². The fourth-order valence-electron chi connectivity index (χ4n) is 4.16. The summed E-state index contributed by atoms with van der Waals surface area (Å²) in [6, 6.07) is 13.6. The van der Waals surface area contributed by atoms with Crippen molar-refractivity contribution in [3.8, 4) is 11.1 Å². The Bertz CT molecular complexity index is 1260. The lowest BCUT2D eigenvalue weighted by molar-refractivity contribution is -0.384. The number of para-hydroxylation sites is 2. The molecule has 0 saturated heterocycles. The third kappa shape index (κ3) is 3.28. The van der Waals surface area contributed by atoms with Crippen LogP contribution in [-0.4, -0.2) is 22.2 Å². The van der Waals surface area contributed by atoms with E-state index < -0.39 is 0 Å². The molecular formula is C25H23N3O2. The number of hydrogen-bond acceptors (Lipinski definition) is 3. The lowest BCUT2D eigenvalue weighted by atomic mass is 9.96. The van der Waals surface area contributed by atoms with Crippen molar-refractivity contribution >= 4 is 28.4 Å². The molecule has 1 aliphatic rings. The molecule has 1 heterocycles. The second-order valence-corrected chi connectivity index (χ2v) is 7.18. The molecule has 0 amide bonds. The van der Waals surface area contributed by atoms with E-state index in [0.29, 0.717) is 11.1 Å². The maximum atomic E-state index is 12.2. The molecule has 0 saturated carbocycles. The van der Waals surface area contributed by atoms with Gasteiger partial charge in [0, 0.05) is 35.8 Å². The summed E-state index contributed by atoms with van der Waals surface area (Å²) >= 11 is 0. The summed E-state index contributed by atoms with van der Waals surface area (Å²) in [7, 11) is 1.74. The summed E-state index contributed by atoms with van der Waals surface area (Å²) in [4.78, 5) is 16.1. The van der Waals surface area contributed by atoms with E-state index in [1.54, 1.807) is 13.1 Å². The van der Waals surface area contributed by atoms with Crippen LogP contribution in [0.25, 0.3) is 28.1 Å². The van der Waals surface area contributed by atoms with Crippen LogP contribution in [0.2, 0.25) is 0 Å². The highest BCUT2D eigenvalue weighted by atomic mass is 16.6. The number of nitrogens with zero attached hydrogens (tertiary/aromatic N) is 3. The fourth-order valence-corrected chi connectivity index (χ4v) is 4.16. The Morgan fingerprint density at radius 3 is 2.47 bits per heavy atom. The van der Waals surface area contributed by atoms with Crippen LogP contribution < -0.4 is 0 Å². The maximum Gasteiger partial charge on any atom is 0.284 e. The van der Waals surface area contributed by atoms with Crippen LogP contribution in [0.1, 0.15) is 18.2 Å². The molecule has 30 heavy (non-hydrogen) atoms. The van der Waals surface area contributed by atoms with Gasteiger partial charge in [-0.3, -0.25) is 15.1 Å². The zero-order valence-corrected chi connectivity index (χ0v) is 17.3. The Hall–Kier alpha value is -3.73. The second kappa shape index (κ2) is 7.95. The Kier molecular flexibility index (Phi) is 5.19. The van der Waals surface area contributed by atoms with Crippen molar-refractivity contribution in [1.82, 2.24) is 4.57 Å². The van der Waals surface area contributed by atoms with Crippen molar-refractivity contribution in [3.05, 3.63) is 93.7 Å². The van der Waals surface area contributed by atoms with Gasteiger partial charge in [0.15, 0.2) is 0 Å². The first kappa shape index (κ1) is 19.6. The minimum Gasteiger partial charge on any atom is -0.345 e. The van der Waals surface area contributed by atoms with E-state index in [1.807, 2.05) is 67.6 Å². The molecule has 3 aromatic rings. The number of aliphatic imine (C=N–C) groups is 1. The molecule has 0 fully saturated rings. The number of rotatable bonds is 4. The van der Waals surface area contributed by atoms with Crippen molar-refractivity contribution in [1.29, 1.82) is 0 Å². The Morgan fingerprint density at radius 2 is 1.80 bits per heavy atom. The standard InChI is InChI=1S/C25H23N3O2/c1-4-27-17(2)24(21-9-5-6-11-23(21)27)22-10-7-8-19(25(22)28(29)30)16-18-12-14-20(26-3)15-13-18/h5-16H,4H2,1-3H3. The third-order valence-corrected chi connectivity index (χ3v) is 5.54. The van der Waals surface area contributed by atoms with Crippen LogP contribution in [0.3, 0.4) is 0 Å². The fraction of sp³-hybridized carbons (Fsp3) is 0.160. The van der Waals surface area contributed by atoms with Gasteiger partial charge in [-0.25, -0.2) is 0 Å². The van der Waals surface area contributed by atoms with Crippen molar-refractivity contribution in [3.63, 3.8) is 0 Å². The first-order valence-corrected chi connectivity index (χ1v) is 9.95. The second-order valence-electron chi connectivity index (χ2n) is 7.18. The summed E-state index contributed by atoms with van der Waals surface area (Å²) in [5.74, 6) is 0. The molecule has 0 spiro atoms. The minimum absolute atomic E-state index is 0.129. The summed E-state index contributed by atoms with van der Waals surface area (Å²) in [5, 5.41) is 13.2. The van der Waals surface area contributed by atoms with Crippen molar-refractivity contribution < 1.29 is 4.92 Å². The Morgan fingerprint density at radius 1 is 1.07 bits per heavy atom. The number of aromatic nitrogens is 1. The van der Waals surface area contributed by atoms with Crippen LogP contribution in [0.15, 0.2) is 77.3 Å². The first-order valence-electron chi connectivity index (χ1n) is 9.95. The quantitative estimate of drug-likeness (QED) is 0.393. The van der Waals surface area contributed by atoms with Crippen LogP contribution in [0, 0.1) is 17.0 Å². The van der Waals surface area contributed by atoms with E-state index in [-0.39, 0.29) is 10.6 Å². The predicted molar refractivity (Wildman–Crippen MR) is 124 cm³/mol. The van der Waals surface area contributed by atoms with Crippen molar-refractivity contribution in [2.24, 2.45) is 4.99 Å². The van der Waals surface area contributed by atoms with Crippen LogP contribution in [0.4, 0.5) is 5.69 Å². The van der Waals surface area contributed by atoms with Crippen LogP contribution in [0.5, 0.6) is 0 Å². The Balaban J connectivity index is 1.95. The normalized spacial score (nSPS) is 13.2. The number of nitro benzene ring substituents is 1. The van der Waals surface area contributed by atoms with Gasteiger partial charge >= 0.3 is 0 Å². The number of aryl methyl sites for hydroxylation is 1. The zero-order valence-electron chi connectivity index (χ0n) is 17.3. The third-order valence-electron chi connectivity index (χ3n) is 5.54. The molecule has 4 rings (SSSR count). The summed E-state index contributed by atoms with van der Waals surface area (Å²) < 4.78 is 2.21. The molecule has 2 aromatic carbocycles. The Labute approximate surface area is 175 Å². The summed E-state index contributed by atoms with van der Waals surface area (Å²) in [6.07, 6.45) is 9.51. The highest BCUT2D eigenvalue weighted by Crippen LogP contribution is 2.41. The van der Waals surface area contributed by atoms with E-state index in [1.165, 1.54) is 0 Å². The van der Waals surface area contributed by atoms with Gasteiger partial charge in [0.05, 0.1) is 21.8 Å². The molecule has 5 heteroatoms. The van der Waals surface area contributed by atoms with Gasteiger partial charge in [0.1, 0.15) is 0 Å². The van der Waals surface area contributed by atoms with E-state index in [2.05, 4.69) is 22.5 Å². The SMILES string of the molecule is CCn1c(C)c(-c2cccc(C=C3C=CC(=NC)C=C3)c2[N+](=O)[O-])c2ccccc21. The van der Waals surface area contributed by atoms with Gasteiger partial charge in [0.25, 0.3) is 5.69 Å². The molecule has 1 aromatic heterocycles. The zero-order chi connectivity index (χ0) is 21.3. The molecule has 5 nitrogen and oxygen atoms in total. The topological polar surface area (TPSA) is 60.4 Å². The number of benzene rings is 2. The van der Waals surface area contributed by atoms with Crippen molar-refractivity contribution in [2.75, 3.05) is 7.05 Å². The number of fused-ring (bicyclic) bond motifs is 1. The van der Waals surface area contributed by atoms with Crippen LogP contribution in [-0.2, 0) is 6.54 Å². The highest BCUT2D eigenvalue weighted by molar-refractivity contribution is 6.06. The molecule has 0 bridgehead atoms. The summed E-state index contributed by atoms with van der Waals surface area (Å²) in [5.41, 5.74) is 6.19. The van der Waals surface area contributed by atoms with Gasteiger partial charge in [-0.05, 0) is 55.8 Å². The molecule has 0 atom stereocenters. The molecule has 0 N–H and O–H groups in total. The largest absolute Gasteiger partial charge is 0.345 e.